The van der Waals surface area contributed by atoms with Gasteiger partial charge in [0.15, 0.2) is 0 Å². The van der Waals surface area contributed by atoms with Crippen LogP contribution in [-0.2, 0) is 0 Å². The fourth-order valence-corrected chi connectivity index (χ4v) is 1.22. The van der Waals surface area contributed by atoms with Crippen LogP contribution in [0, 0.1) is 0 Å². The maximum atomic E-state index is 3.70. The van der Waals surface area contributed by atoms with Crippen molar-refractivity contribution in [2.24, 2.45) is 0 Å². The normalized spacial score (nSPS) is 9.00. The van der Waals surface area contributed by atoms with E-state index in [2.05, 4.69) is 29.1 Å². The van der Waals surface area contributed by atoms with Gasteiger partial charge in [-0.2, -0.15) is 0 Å². The van der Waals surface area contributed by atoms with Gasteiger partial charge in [0.1, 0.15) is 0 Å². The predicted molar refractivity (Wildman–Crippen MR) is 62.5 cm³/mol. The standard InChI is InChI=1S/C12H11Br/c1-3-10(4-2)9-11-5-7-12(13)8-6-11/h3-9H,1-2H2. The Kier molecular flexibility index (Phi) is 3.71. The summed E-state index contributed by atoms with van der Waals surface area (Å²) in [5.41, 5.74) is 2.18. The van der Waals surface area contributed by atoms with Crippen LogP contribution in [0.5, 0.6) is 0 Å². The average molecular weight is 235 g/mol. The van der Waals surface area contributed by atoms with Gasteiger partial charge in [0.25, 0.3) is 0 Å². The molecule has 0 saturated heterocycles. The Morgan fingerprint density at radius 2 is 1.62 bits per heavy atom. The molecule has 0 amide bonds. The summed E-state index contributed by atoms with van der Waals surface area (Å²) in [6.07, 6.45) is 5.61. The van der Waals surface area contributed by atoms with E-state index in [0.29, 0.717) is 0 Å². The van der Waals surface area contributed by atoms with Crippen LogP contribution in [0.1, 0.15) is 5.56 Å². The second-order valence-corrected chi connectivity index (χ2v) is 3.52. The van der Waals surface area contributed by atoms with Gasteiger partial charge in [-0.05, 0) is 29.3 Å². The van der Waals surface area contributed by atoms with Gasteiger partial charge in [-0.15, -0.1) is 0 Å². The Morgan fingerprint density at radius 1 is 1.08 bits per heavy atom. The highest BCUT2D eigenvalue weighted by Crippen LogP contribution is 2.13. The number of halogens is 1. The Morgan fingerprint density at radius 3 is 2.08 bits per heavy atom. The smallest absolute Gasteiger partial charge is 0.0175 e. The molecule has 0 fully saturated rings. The highest BCUT2D eigenvalue weighted by atomic mass is 79.9. The second-order valence-electron chi connectivity index (χ2n) is 2.60. The quantitative estimate of drug-likeness (QED) is 0.688. The molecule has 0 N–H and O–H groups in total. The molecule has 0 aliphatic rings. The summed E-state index contributed by atoms with van der Waals surface area (Å²) < 4.78 is 1.09. The number of hydrogen-bond donors (Lipinski definition) is 0. The predicted octanol–water partition coefficient (Wildman–Crippen LogP) is 4.20. The SMILES string of the molecule is C=CC(C=C)=Cc1ccc(Br)cc1. The summed E-state index contributed by atoms with van der Waals surface area (Å²) in [5.74, 6) is 0. The third kappa shape index (κ3) is 3.03. The summed E-state index contributed by atoms with van der Waals surface area (Å²) in [4.78, 5) is 0. The lowest BCUT2D eigenvalue weighted by Crippen LogP contribution is -1.73. The van der Waals surface area contributed by atoms with Crippen molar-refractivity contribution >= 4 is 22.0 Å². The van der Waals surface area contributed by atoms with Crippen LogP contribution in [0.2, 0.25) is 0 Å². The van der Waals surface area contributed by atoms with Crippen molar-refractivity contribution < 1.29 is 0 Å². The van der Waals surface area contributed by atoms with Crippen LogP contribution in [0.15, 0.2) is 59.6 Å². The summed E-state index contributed by atoms with van der Waals surface area (Å²) in [6.45, 7) is 7.39. The first-order valence-electron chi connectivity index (χ1n) is 3.98. The summed E-state index contributed by atoms with van der Waals surface area (Å²) in [7, 11) is 0. The molecule has 0 atom stereocenters. The van der Waals surface area contributed by atoms with Crippen LogP contribution in [-0.4, -0.2) is 0 Å². The lowest BCUT2D eigenvalue weighted by Gasteiger charge is -1.95. The largest absolute Gasteiger partial charge is 0.0985 e. The minimum absolute atomic E-state index is 1.03. The summed E-state index contributed by atoms with van der Waals surface area (Å²) >= 11 is 3.38. The van der Waals surface area contributed by atoms with E-state index in [4.69, 9.17) is 0 Å². The van der Waals surface area contributed by atoms with Crippen molar-refractivity contribution in [1.29, 1.82) is 0 Å². The Balaban J connectivity index is 2.96. The van der Waals surface area contributed by atoms with Gasteiger partial charge in [-0.25, -0.2) is 0 Å². The first-order chi connectivity index (χ1) is 6.26. The molecule has 1 rings (SSSR count). The van der Waals surface area contributed by atoms with Crippen molar-refractivity contribution in [2.45, 2.75) is 0 Å². The van der Waals surface area contributed by atoms with Crippen molar-refractivity contribution in [2.75, 3.05) is 0 Å². The van der Waals surface area contributed by atoms with E-state index in [1.54, 1.807) is 12.2 Å². The Bertz CT molecular complexity index is 321. The zero-order valence-electron chi connectivity index (χ0n) is 7.33. The molecule has 1 heteroatoms. The molecule has 0 radical (unpaired) electrons. The summed E-state index contributed by atoms with van der Waals surface area (Å²) in [6, 6.07) is 8.10. The molecule has 1 aromatic rings. The number of allylic oxidation sites excluding steroid dienone is 3. The highest BCUT2D eigenvalue weighted by Gasteiger charge is 1.89. The number of benzene rings is 1. The molecule has 66 valence electrons. The van der Waals surface area contributed by atoms with E-state index in [-0.39, 0.29) is 0 Å². The van der Waals surface area contributed by atoms with Gasteiger partial charge in [0.05, 0.1) is 0 Å². The molecular formula is C12H11Br. The number of rotatable bonds is 3. The summed E-state index contributed by atoms with van der Waals surface area (Å²) in [5, 5.41) is 0. The lowest BCUT2D eigenvalue weighted by molar-refractivity contribution is 1.60. The van der Waals surface area contributed by atoms with Crippen LogP contribution in [0.3, 0.4) is 0 Å². The third-order valence-corrected chi connectivity index (χ3v) is 2.20. The maximum absolute atomic E-state index is 3.70. The zero-order chi connectivity index (χ0) is 9.68. The van der Waals surface area contributed by atoms with E-state index < -0.39 is 0 Å². The molecular weight excluding hydrogens is 224 g/mol. The lowest BCUT2D eigenvalue weighted by atomic mass is 10.1. The molecule has 0 bridgehead atoms. The fraction of sp³-hybridized carbons (Fsp3) is 0. The molecule has 0 saturated carbocycles. The van der Waals surface area contributed by atoms with E-state index in [9.17, 15) is 0 Å². The van der Waals surface area contributed by atoms with Crippen molar-refractivity contribution in [1.82, 2.24) is 0 Å². The van der Waals surface area contributed by atoms with Crippen LogP contribution in [0.25, 0.3) is 6.08 Å². The first-order valence-corrected chi connectivity index (χ1v) is 4.77. The molecule has 0 aromatic heterocycles. The van der Waals surface area contributed by atoms with Crippen molar-refractivity contribution in [3.8, 4) is 0 Å². The minimum Gasteiger partial charge on any atom is -0.0985 e. The zero-order valence-corrected chi connectivity index (χ0v) is 8.92. The average Bonchev–Trinajstić information content (AvgIpc) is 2.17. The van der Waals surface area contributed by atoms with Gasteiger partial charge in [-0.1, -0.05) is 53.4 Å². The molecule has 0 spiro atoms. The number of hydrogen-bond acceptors (Lipinski definition) is 0. The van der Waals surface area contributed by atoms with E-state index in [1.807, 2.05) is 30.3 Å². The fourth-order valence-electron chi connectivity index (χ4n) is 0.953. The van der Waals surface area contributed by atoms with Crippen LogP contribution < -0.4 is 0 Å². The molecule has 1 aromatic carbocycles. The van der Waals surface area contributed by atoms with Gasteiger partial charge in [0, 0.05) is 4.47 Å². The van der Waals surface area contributed by atoms with Crippen molar-refractivity contribution in [3.05, 3.63) is 65.2 Å². The second kappa shape index (κ2) is 4.83. The Labute approximate surface area is 87.4 Å². The topological polar surface area (TPSA) is 0 Å². The van der Waals surface area contributed by atoms with Gasteiger partial charge in [-0.3, -0.25) is 0 Å². The first kappa shape index (κ1) is 10.0. The molecule has 0 unspecified atom stereocenters. The van der Waals surface area contributed by atoms with Crippen LogP contribution >= 0.6 is 15.9 Å². The van der Waals surface area contributed by atoms with Gasteiger partial charge >= 0.3 is 0 Å². The molecule has 0 aliphatic heterocycles. The van der Waals surface area contributed by atoms with Crippen molar-refractivity contribution in [3.63, 3.8) is 0 Å². The molecule has 0 aliphatic carbocycles. The van der Waals surface area contributed by atoms with E-state index in [1.165, 1.54) is 0 Å². The van der Waals surface area contributed by atoms with E-state index in [0.717, 1.165) is 15.6 Å². The minimum atomic E-state index is 1.03. The maximum Gasteiger partial charge on any atom is 0.0175 e. The van der Waals surface area contributed by atoms with E-state index >= 15 is 0 Å². The highest BCUT2D eigenvalue weighted by molar-refractivity contribution is 9.10. The monoisotopic (exact) mass is 234 g/mol. The molecule has 0 heterocycles. The Hall–Kier alpha value is -1.08. The molecule has 0 nitrogen and oxygen atoms in total. The third-order valence-electron chi connectivity index (χ3n) is 1.67. The van der Waals surface area contributed by atoms with Gasteiger partial charge < -0.3 is 0 Å². The van der Waals surface area contributed by atoms with Gasteiger partial charge in [0.2, 0.25) is 0 Å². The molecule has 13 heavy (non-hydrogen) atoms. The van der Waals surface area contributed by atoms with Crippen LogP contribution in [0.4, 0.5) is 0 Å².